The molecule has 0 radical (unpaired) electrons. The van der Waals surface area contributed by atoms with Crippen LogP contribution in [0.5, 0.6) is 5.75 Å². The van der Waals surface area contributed by atoms with Gasteiger partial charge < -0.3 is 10.1 Å². The first-order valence-corrected chi connectivity index (χ1v) is 6.86. The summed E-state index contributed by atoms with van der Waals surface area (Å²) in [5, 5.41) is 4.47. The lowest BCUT2D eigenvalue weighted by Crippen LogP contribution is -2.24. The molecule has 4 heteroatoms. The molecule has 1 aliphatic rings. The van der Waals surface area contributed by atoms with Crippen molar-refractivity contribution in [2.75, 3.05) is 11.9 Å². The molecule has 3 rings (SSSR count). The molecule has 0 aromatic heterocycles. The van der Waals surface area contributed by atoms with E-state index in [1.54, 1.807) is 6.07 Å². The highest BCUT2D eigenvalue weighted by molar-refractivity contribution is 6.36. The second kappa shape index (κ2) is 4.95. The molecule has 1 aliphatic heterocycles. The molecule has 0 saturated heterocycles. The molecule has 1 N–H and O–H groups in total. The Morgan fingerprint density at radius 2 is 2.00 bits per heavy atom. The summed E-state index contributed by atoms with van der Waals surface area (Å²) in [5.41, 5.74) is 3.23. The summed E-state index contributed by atoms with van der Waals surface area (Å²) in [6, 6.07) is 11.7. The Kier molecular flexibility index (Phi) is 3.29. The lowest BCUT2D eigenvalue weighted by Gasteiger charge is -2.29. The van der Waals surface area contributed by atoms with Crippen LogP contribution in [0.3, 0.4) is 0 Å². The van der Waals surface area contributed by atoms with E-state index in [2.05, 4.69) is 24.4 Å². The highest BCUT2D eigenvalue weighted by atomic mass is 35.5. The number of nitrogens with one attached hydrogen (secondary N) is 1. The van der Waals surface area contributed by atoms with Crippen LogP contribution < -0.4 is 10.1 Å². The van der Waals surface area contributed by atoms with Crippen LogP contribution >= 0.6 is 23.2 Å². The number of halogens is 2. The fourth-order valence-electron chi connectivity index (χ4n) is 2.32. The number of aryl methyl sites for hydroxylation is 1. The molecule has 0 spiro atoms. The number of anilines is 1. The largest absolute Gasteiger partial charge is 0.480 e. The Bertz CT molecular complexity index is 628. The van der Waals surface area contributed by atoms with Crippen LogP contribution in [0.25, 0.3) is 0 Å². The molecule has 0 bridgehead atoms. The Labute approximate surface area is 122 Å². The Balaban J connectivity index is 1.97. The lowest BCUT2D eigenvalue weighted by molar-refractivity contribution is 0.210. The summed E-state index contributed by atoms with van der Waals surface area (Å²) < 4.78 is 6.03. The SMILES string of the molecule is Cc1ccccc1C1CNc2cc(Cl)cc(Cl)c2O1. The molecule has 0 fully saturated rings. The van der Waals surface area contributed by atoms with Crippen molar-refractivity contribution in [1.82, 2.24) is 0 Å². The number of hydrogen-bond donors (Lipinski definition) is 1. The molecule has 19 heavy (non-hydrogen) atoms. The second-order valence-corrected chi connectivity index (χ2v) is 5.45. The summed E-state index contributed by atoms with van der Waals surface area (Å²) >= 11 is 12.2. The number of fused-ring (bicyclic) bond motifs is 1. The topological polar surface area (TPSA) is 21.3 Å². The van der Waals surface area contributed by atoms with Gasteiger partial charge in [-0.3, -0.25) is 0 Å². The Morgan fingerprint density at radius 3 is 2.79 bits per heavy atom. The van der Waals surface area contributed by atoms with Crippen molar-refractivity contribution < 1.29 is 4.74 Å². The van der Waals surface area contributed by atoms with Crippen LogP contribution in [0.15, 0.2) is 36.4 Å². The van der Waals surface area contributed by atoms with Gasteiger partial charge in [-0.15, -0.1) is 0 Å². The first kappa shape index (κ1) is 12.6. The summed E-state index contributed by atoms with van der Waals surface area (Å²) in [6.07, 6.45) is -0.0348. The van der Waals surface area contributed by atoms with E-state index >= 15 is 0 Å². The van der Waals surface area contributed by atoms with Crippen LogP contribution in [-0.2, 0) is 0 Å². The molecule has 98 valence electrons. The molecule has 2 nitrogen and oxygen atoms in total. The summed E-state index contributed by atoms with van der Waals surface area (Å²) in [5.74, 6) is 0.672. The standard InChI is InChI=1S/C15H13Cl2NO/c1-9-4-2-3-5-11(9)14-8-18-13-7-10(16)6-12(17)15(13)19-14/h2-7,14,18H,8H2,1H3. The van der Waals surface area contributed by atoms with Gasteiger partial charge in [-0.1, -0.05) is 47.5 Å². The average Bonchev–Trinajstić information content (AvgIpc) is 2.39. The number of hydrogen-bond acceptors (Lipinski definition) is 2. The molecule has 1 atom stereocenters. The Hall–Kier alpha value is -1.38. The maximum Gasteiger partial charge on any atom is 0.162 e. The highest BCUT2D eigenvalue weighted by Gasteiger charge is 2.24. The van der Waals surface area contributed by atoms with Crippen LogP contribution in [0.1, 0.15) is 17.2 Å². The molecule has 1 unspecified atom stereocenters. The van der Waals surface area contributed by atoms with E-state index in [-0.39, 0.29) is 6.10 Å². The summed E-state index contributed by atoms with van der Waals surface area (Å²) in [7, 11) is 0. The van der Waals surface area contributed by atoms with Crippen LogP contribution in [0.2, 0.25) is 10.0 Å². The molecule has 0 amide bonds. The zero-order valence-corrected chi connectivity index (χ0v) is 11.9. The highest BCUT2D eigenvalue weighted by Crippen LogP contribution is 2.42. The van der Waals surface area contributed by atoms with Crippen LogP contribution in [0.4, 0.5) is 5.69 Å². The van der Waals surface area contributed by atoms with Crippen molar-refractivity contribution in [2.45, 2.75) is 13.0 Å². The van der Waals surface area contributed by atoms with Gasteiger partial charge in [0, 0.05) is 5.02 Å². The fraction of sp³-hybridized carbons (Fsp3) is 0.200. The normalized spacial score (nSPS) is 17.3. The quantitative estimate of drug-likeness (QED) is 0.812. The molecule has 2 aromatic carbocycles. The van der Waals surface area contributed by atoms with E-state index in [1.165, 1.54) is 11.1 Å². The molecule has 2 aromatic rings. The first-order chi connectivity index (χ1) is 9.15. The molecule has 0 aliphatic carbocycles. The third kappa shape index (κ3) is 2.38. The van der Waals surface area contributed by atoms with Gasteiger partial charge in [-0.2, -0.15) is 0 Å². The zero-order valence-electron chi connectivity index (χ0n) is 10.4. The zero-order chi connectivity index (χ0) is 13.4. The maximum absolute atomic E-state index is 6.19. The van der Waals surface area contributed by atoms with E-state index in [4.69, 9.17) is 27.9 Å². The second-order valence-electron chi connectivity index (χ2n) is 4.61. The van der Waals surface area contributed by atoms with Crippen molar-refractivity contribution in [3.8, 4) is 5.75 Å². The van der Waals surface area contributed by atoms with Gasteiger partial charge in [0.05, 0.1) is 17.3 Å². The third-order valence-corrected chi connectivity index (χ3v) is 3.78. The van der Waals surface area contributed by atoms with Gasteiger partial charge in [0.25, 0.3) is 0 Å². The van der Waals surface area contributed by atoms with Crippen LogP contribution in [-0.4, -0.2) is 6.54 Å². The molecule has 0 saturated carbocycles. The van der Waals surface area contributed by atoms with Crippen molar-refractivity contribution in [3.05, 3.63) is 57.6 Å². The van der Waals surface area contributed by atoms with E-state index in [0.29, 0.717) is 22.3 Å². The predicted octanol–water partition coefficient (Wildman–Crippen LogP) is 4.85. The van der Waals surface area contributed by atoms with E-state index in [1.807, 2.05) is 18.2 Å². The van der Waals surface area contributed by atoms with E-state index in [0.717, 1.165) is 5.69 Å². The monoisotopic (exact) mass is 293 g/mol. The van der Waals surface area contributed by atoms with Crippen molar-refractivity contribution in [3.63, 3.8) is 0 Å². The van der Waals surface area contributed by atoms with Crippen molar-refractivity contribution in [1.29, 1.82) is 0 Å². The number of benzene rings is 2. The molecular weight excluding hydrogens is 281 g/mol. The number of ether oxygens (including phenoxy) is 1. The van der Waals surface area contributed by atoms with Gasteiger partial charge >= 0.3 is 0 Å². The van der Waals surface area contributed by atoms with Gasteiger partial charge in [0.1, 0.15) is 6.10 Å². The minimum atomic E-state index is -0.0348. The van der Waals surface area contributed by atoms with Gasteiger partial charge in [-0.25, -0.2) is 0 Å². The van der Waals surface area contributed by atoms with Crippen molar-refractivity contribution >= 4 is 28.9 Å². The van der Waals surface area contributed by atoms with Crippen molar-refractivity contribution in [2.24, 2.45) is 0 Å². The van der Waals surface area contributed by atoms with E-state index < -0.39 is 0 Å². The first-order valence-electron chi connectivity index (χ1n) is 6.10. The summed E-state index contributed by atoms with van der Waals surface area (Å²) in [4.78, 5) is 0. The van der Waals surface area contributed by atoms with Gasteiger partial charge in [0.2, 0.25) is 0 Å². The maximum atomic E-state index is 6.19. The lowest BCUT2D eigenvalue weighted by atomic mass is 10.0. The minimum absolute atomic E-state index is 0.0348. The fourth-order valence-corrected chi connectivity index (χ4v) is 2.86. The smallest absolute Gasteiger partial charge is 0.162 e. The number of rotatable bonds is 1. The predicted molar refractivity (Wildman–Crippen MR) is 79.5 cm³/mol. The van der Waals surface area contributed by atoms with Crippen LogP contribution in [0, 0.1) is 6.92 Å². The average molecular weight is 294 g/mol. The van der Waals surface area contributed by atoms with Gasteiger partial charge in [0.15, 0.2) is 5.75 Å². The third-order valence-electron chi connectivity index (χ3n) is 3.28. The Morgan fingerprint density at radius 1 is 1.21 bits per heavy atom. The molecule has 1 heterocycles. The summed E-state index contributed by atoms with van der Waals surface area (Å²) in [6.45, 7) is 2.78. The minimum Gasteiger partial charge on any atom is -0.480 e. The van der Waals surface area contributed by atoms with E-state index in [9.17, 15) is 0 Å². The van der Waals surface area contributed by atoms with Gasteiger partial charge in [-0.05, 0) is 30.2 Å². The molecular formula is C15H13Cl2NO.